The van der Waals surface area contributed by atoms with Crippen molar-refractivity contribution in [1.82, 2.24) is 4.90 Å². The van der Waals surface area contributed by atoms with E-state index in [1.54, 1.807) is 14.2 Å². The van der Waals surface area contributed by atoms with Gasteiger partial charge in [-0.1, -0.05) is 13.5 Å². The predicted octanol–water partition coefficient (Wildman–Crippen LogP) is 0.406. The molecule has 1 fully saturated rings. The van der Waals surface area contributed by atoms with Gasteiger partial charge in [0.25, 0.3) is 0 Å². The third kappa shape index (κ3) is 2.55. The van der Waals surface area contributed by atoms with Gasteiger partial charge in [0.05, 0.1) is 6.04 Å². The lowest BCUT2D eigenvalue weighted by atomic mass is 9.86. The first-order chi connectivity index (χ1) is 7.67. The first kappa shape index (κ1) is 13.4. The average molecular weight is 231 g/mol. The van der Waals surface area contributed by atoms with Crippen molar-refractivity contribution in [2.24, 2.45) is 5.92 Å². The molecule has 94 valence electrons. The van der Waals surface area contributed by atoms with Gasteiger partial charge in [-0.2, -0.15) is 0 Å². The van der Waals surface area contributed by atoms with E-state index in [-0.39, 0.29) is 31.5 Å². The van der Waals surface area contributed by atoms with Crippen LogP contribution in [0.4, 0.5) is 0 Å². The molecule has 3 atom stereocenters. The number of ether oxygens (including phenoxy) is 3. The van der Waals surface area contributed by atoms with Crippen LogP contribution in [-0.2, 0) is 14.2 Å². The zero-order valence-electron chi connectivity index (χ0n) is 10.2. The minimum Gasteiger partial charge on any atom is -0.396 e. The first-order valence-electron chi connectivity index (χ1n) is 5.33. The predicted molar refractivity (Wildman–Crippen MR) is 59.6 cm³/mol. The average Bonchev–Trinajstić information content (AvgIpc) is 2.30. The molecule has 0 saturated carbocycles. The summed E-state index contributed by atoms with van der Waals surface area (Å²) < 4.78 is 15.5. The van der Waals surface area contributed by atoms with Crippen molar-refractivity contribution in [2.75, 3.05) is 34.4 Å². The van der Waals surface area contributed by atoms with Gasteiger partial charge in [-0.3, -0.25) is 0 Å². The molecule has 0 spiro atoms. The van der Waals surface area contributed by atoms with E-state index >= 15 is 0 Å². The number of nitrogens with zero attached hydrogens (tertiary/aromatic N) is 1. The Morgan fingerprint density at radius 2 is 2.12 bits per heavy atom. The highest BCUT2D eigenvalue weighted by atomic mass is 16.7. The summed E-state index contributed by atoms with van der Waals surface area (Å²) in [5.74, 6) is 0.113. The molecule has 1 aliphatic rings. The summed E-state index contributed by atoms with van der Waals surface area (Å²) in [5.41, 5.74) is 0.879. The lowest BCUT2D eigenvalue weighted by molar-refractivity contribution is -0.157. The van der Waals surface area contributed by atoms with E-state index in [2.05, 4.69) is 6.58 Å². The SMILES string of the molecule is C=C1[C@H](OCOC)[C@H]([C@H](C)CO)N1COC. The van der Waals surface area contributed by atoms with E-state index in [4.69, 9.17) is 14.2 Å². The molecule has 5 heteroatoms. The minimum atomic E-state index is -0.0859. The van der Waals surface area contributed by atoms with Gasteiger partial charge in [0.15, 0.2) is 0 Å². The number of methoxy groups -OCH3 is 2. The van der Waals surface area contributed by atoms with Crippen molar-refractivity contribution in [3.63, 3.8) is 0 Å². The number of likely N-dealkylation sites (tertiary alicyclic amines) is 1. The van der Waals surface area contributed by atoms with E-state index in [0.717, 1.165) is 5.70 Å². The number of rotatable bonds is 7. The molecule has 0 radical (unpaired) electrons. The highest BCUT2D eigenvalue weighted by Crippen LogP contribution is 2.35. The number of aliphatic hydroxyl groups excluding tert-OH is 1. The van der Waals surface area contributed by atoms with Gasteiger partial charge in [-0.05, 0) is 0 Å². The molecule has 1 saturated heterocycles. The maximum Gasteiger partial charge on any atom is 0.147 e. The Labute approximate surface area is 96.6 Å². The summed E-state index contributed by atoms with van der Waals surface area (Å²) in [6.07, 6.45) is -0.0859. The summed E-state index contributed by atoms with van der Waals surface area (Å²) in [4.78, 5) is 2.00. The summed E-state index contributed by atoms with van der Waals surface area (Å²) >= 11 is 0. The molecule has 0 aromatic rings. The summed E-state index contributed by atoms with van der Waals surface area (Å²) in [5, 5.41) is 9.20. The zero-order chi connectivity index (χ0) is 12.1. The monoisotopic (exact) mass is 231 g/mol. The van der Waals surface area contributed by atoms with Crippen LogP contribution >= 0.6 is 0 Å². The van der Waals surface area contributed by atoms with Gasteiger partial charge in [0.1, 0.15) is 19.6 Å². The molecular weight excluding hydrogens is 210 g/mol. The number of aliphatic hydroxyl groups is 1. The molecule has 1 N–H and O–H groups in total. The quantitative estimate of drug-likeness (QED) is 0.643. The standard InChI is InChI=1S/C11H21NO4/c1-8(5-13)10-11(16-7-15-4)9(2)12(10)6-14-3/h8,10-11,13H,2,5-7H2,1,3-4H3/t8-,10+,11+/m1/s1. The van der Waals surface area contributed by atoms with Gasteiger partial charge in [-0.25, -0.2) is 0 Å². The van der Waals surface area contributed by atoms with Crippen LogP contribution < -0.4 is 0 Å². The Bertz CT molecular complexity index is 234. The number of hydrogen-bond acceptors (Lipinski definition) is 5. The fourth-order valence-electron chi connectivity index (χ4n) is 1.99. The number of hydrogen-bond donors (Lipinski definition) is 1. The highest BCUT2D eigenvalue weighted by Gasteiger charge is 2.45. The second-order valence-corrected chi connectivity index (χ2v) is 4.02. The second-order valence-electron chi connectivity index (χ2n) is 4.02. The van der Waals surface area contributed by atoms with Crippen molar-refractivity contribution < 1.29 is 19.3 Å². The van der Waals surface area contributed by atoms with Crippen LogP contribution in [0.1, 0.15) is 6.92 Å². The third-order valence-corrected chi connectivity index (χ3v) is 2.87. The lowest BCUT2D eigenvalue weighted by Crippen LogP contribution is -2.62. The van der Waals surface area contributed by atoms with Crippen LogP contribution in [0, 0.1) is 5.92 Å². The van der Waals surface area contributed by atoms with Gasteiger partial charge in [0, 0.05) is 32.4 Å². The Balaban J connectivity index is 2.59. The van der Waals surface area contributed by atoms with E-state index in [1.807, 2.05) is 11.8 Å². The summed E-state index contributed by atoms with van der Waals surface area (Å²) in [6, 6.07) is 0.104. The second kappa shape index (κ2) is 6.20. The Morgan fingerprint density at radius 3 is 2.62 bits per heavy atom. The van der Waals surface area contributed by atoms with Crippen molar-refractivity contribution >= 4 is 0 Å². The fourth-order valence-corrected chi connectivity index (χ4v) is 1.99. The molecule has 0 aliphatic carbocycles. The first-order valence-corrected chi connectivity index (χ1v) is 5.33. The van der Waals surface area contributed by atoms with Crippen LogP contribution in [-0.4, -0.2) is 56.5 Å². The molecule has 0 amide bonds. The normalized spacial score (nSPS) is 26.8. The Kier molecular flexibility index (Phi) is 5.21. The molecule has 0 unspecified atom stereocenters. The smallest absolute Gasteiger partial charge is 0.147 e. The van der Waals surface area contributed by atoms with E-state index in [0.29, 0.717) is 6.73 Å². The molecule has 0 aromatic carbocycles. The fraction of sp³-hybridized carbons (Fsp3) is 0.818. The van der Waals surface area contributed by atoms with E-state index in [1.165, 1.54) is 0 Å². The van der Waals surface area contributed by atoms with Gasteiger partial charge in [0.2, 0.25) is 0 Å². The van der Waals surface area contributed by atoms with Crippen molar-refractivity contribution in [1.29, 1.82) is 0 Å². The van der Waals surface area contributed by atoms with Crippen LogP contribution in [0.5, 0.6) is 0 Å². The molecule has 1 aliphatic heterocycles. The van der Waals surface area contributed by atoms with Gasteiger partial charge in [-0.15, -0.1) is 0 Å². The molecule has 5 nitrogen and oxygen atoms in total. The Morgan fingerprint density at radius 1 is 1.44 bits per heavy atom. The van der Waals surface area contributed by atoms with E-state index < -0.39 is 0 Å². The molecule has 1 heterocycles. The molecule has 16 heavy (non-hydrogen) atoms. The van der Waals surface area contributed by atoms with Crippen LogP contribution in [0.25, 0.3) is 0 Å². The largest absolute Gasteiger partial charge is 0.396 e. The van der Waals surface area contributed by atoms with Crippen molar-refractivity contribution in [3.05, 3.63) is 12.3 Å². The maximum atomic E-state index is 9.20. The maximum absolute atomic E-state index is 9.20. The Hall–Kier alpha value is -0.620. The van der Waals surface area contributed by atoms with Crippen LogP contribution in [0.2, 0.25) is 0 Å². The molecule has 1 rings (SSSR count). The molecular formula is C11H21NO4. The minimum absolute atomic E-state index is 0.0859. The molecule has 0 bridgehead atoms. The summed E-state index contributed by atoms with van der Waals surface area (Å²) in [6.45, 7) is 6.74. The highest BCUT2D eigenvalue weighted by molar-refractivity contribution is 5.19. The van der Waals surface area contributed by atoms with E-state index in [9.17, 15) is 5.11 Å². The van der Waals surface area contributed by atoms with Crippen molar-refractivity contribution in [3.8, 4) is 0 Å². The van der Waals surface area contributed by atoms with Gasteiger partial charge < -0.3 is 24.2 Å². The van der Waals surface area contributed by atoms with Crippen LogP contribution in [0.3, 0.4) is 0 Å². The topological polar surface area (TPSA) is 51.2 Å². The van der Waals surface area contributed by atoms with Crippen molar-refractivity contribution in [2.45, 2.75) is 19.1 Å². The van der Waals surface area contributed by atoms with Gasteiger partial charge >= 0.3 is 0 Å². The molecule has 0 aromatic heterocycles. The van der Waals surface area contributed by atoms with Crippen LogP contribution in [0.15, 0.2) is 12.3 Å². The summed E-state index contributed by atoms with van der Waals surface area (Å²) in [7, 11) is 3.22. The lowest BCUT2D eigenvalue weighted by Gasteiger charge is -2.52. The third-order valence-electron chi connectivity index (χ3n) is 2.87. The zero-order valence-corrected chi connectivity index (χ0v) is 10.2.